The van der Waals surface area contributed by atoms with E-state index in [-0.39, 0.29) is 18.0 Å². The van der Waals surface area contributed by atoms with E-state index in [1.165, 1.54) is 12.8 Å². The van der Waals surface area contributed by atoms with E-state index in [0.29, 0.717) is 23.1 Å². The molecule has 3 fully saturated rings. The first-order valence-corrected chi connectivity index (χ1v) is 15.0. The van der Waals surface area contributed by atoms with Crippen LogP contribution in [0.1, 0.15) is 47.4 Å². The maximum atomic E-state index is 13.7. The number of hydrogen-bond donors (Lipinski definition) is 2. The largest absolute Gasteiger partial charge is 0.494 e. The zero-order valence-corrected chi connectivity index (χ0v) is 24.5. The third kappa shape index (κ3) is 3.74. The fraction of sp³-hybridized carbons (Fsp3) is 0.438. The van der Waals surface area contributed by atoms with Crippen molar-refractivity contribution in [2.45, 2.75) is 58.2 Å². The second kappa shape index (κ2) is 9.16. The van der Waals surface area contributed by atoms with Gasteiger partial charge in [0.2, 0.25) is 0 Å². The van der Waals surface area contributed by atoms with E-state index in [2.05, 4.69) is 37.5 Å². The van der Waals surface area contributed by atoms with Gasteiger partial charge in [-0.25, -0.2) is 9.97 Å². The lowest BCUT2D eigenvalue weighted by atomic mass is 10.1. The van der Waals surface area contributed by atoms with Crippen LogP contribution in [0, 0.1) is 25.7 Å². The molecule has 1 amide bonds. The number of piperidine rings is 1. The predicted molar refractivity (Wildman–Crippen MR) is 161 cm³/mol. The Labute approximate surface area is 243 Å². The van der Waals surface area contributed by atoms with Crippen LogP contribution in [0.15, 0.2) is 30.3 Å². The lowest BCUT2D eigenvalue weighted by Crippen LogP contribution is -2.41. The van der Waals surface area contributed by atoms with Crippen molar-refractivity contribution in [3.05, 3.63) is 47.3 Å². The molecule has 8 rings (SSSR count). The number of pyridine rings is 1. The summed E-state index contributed by atoms with van der Waals surface area (Å²) in [6, 6.07) is 10.4. The van der Waals surface area contributed by atoms with Gasteiger partial charge in [0.15, 0.2) is 5.82 Å². The van der Waals surface area contributed by atoms with Crippen molar-refractivity contribution in [1.82, 2.24) is 34.2 Å². The number of likely N-dealkylation sites (tertiary alicyclic amines) is 1. The molecule has 5 heterocycles. The minimum absolute atomic E-state index is 0.00876. The number of hydrogen-bond acceptors (Lipinski definition) is 6. The minimum Gasteiger partial charge on any atom is -0.494 e. The SMILES string of the molecule is COc1cc(C(=O)N2CC3CCC2[C@@H]3N)cc2nc(-c3cc4ccc(-c5c(C)n[nH]c5C)nc4n3CC3CC3)n(C)c12. The Morgan fingerprint density at radius 2 is 1.95 bits per heavy atom. The smallest absolute Gasteiger partial charge is 0.254 e. The molecule has 5 aromatic rings. The third-order valence-electron chi connectivity index (χ3n) is 9.81. The molecular formula is C32H36N8O2. The van der Waals surface area contributed by atoms with Gasteiger partial charge in [0.25, 0.3) is 5.91 Å². The number of nitrogens with zero attached hydrogens (tertiary/aromatic N) is 6. The summed E-state index contributed by atoms with van der Waals surface area (Å²) in [6.45, 7) is 5.66. The number of ether oxygens (including phenoxy) is 1. The van der Waals surface area contributed by atoms with E-state index in [1.807, 2.05) is 37.9 Å². The molecule has 42 heavy (non-hydrogen) atoms. The number of carbonyl (C=O) groups is 1. The number of aromatic amines is 1. The van der Waals surface area contributed by atoms with E-state index < -0.39 is 0 Å². The first-order chi connectivity index (χ1) is 20.3. The number of carbonyl (C=O) groups excluding carboxylic acids is 1. The van der Waals surface area contributed by atoms with Gasteiger partial charge in [-0.1, -0.05) is 0 Å². The number of nitrogens with two attached hydrogens (primary N) is 1. The molecule has 1 saturated heterocycles. The number of nitrogens with one attached hydrogen (secondary N) is 1. The molecule has 2 saturated carbocycles. The molecule has 10 heteroatoms. The van der Waals surface area contributed by atoms with E-state index in [9.17, 15) is 4.79 Å². The highest BCUT2D eigenvalue weighted by Gasteiger charge is 2.47. The normalized spacial score (nSPS) is 21.7. The van der Waals surface area contributed by atoms with E-state index in [1.54, 1.807) is 7.11 Å². The van der Waals surface area contributed by atoms with Crippen LogP contribution in [0.5, 0.6) is 5.75 Å². The van der Waals surface area contributed by atoms with Crippen molar-refractivity contribution >= 4 is 28.0 Å². The van der Waals surface area contributed by atoms with Gasteiger partial charge < -0.3 is 24.5 Å². The molecule has 0 radical (unpaired) electrons. The molecule has 1 aromatic carbocycles. The lowest BCUT2D eigenvalue weighted by Gasteiger charge is -2.27. The van der Waals surface area contributed by atoms with Crippen LogP contribution < -0.4 is 10.5 Å². The van der Waals surface area contributed by atoms with Gasteiger partial charge in [0.1, 0.15) is 16.9 Å². The van der Waals surface area contributed by atoms with Gasteiger partial charge >= 0.3 is 0 Å². The summed E-state index contributed by atoms with van der Waals surface area (Å²) in [5.74, 6) is 2.51. The average Bonchev–Trinajstić information content (AvgIpc) is 3.17. The first-order valence-electron chi connectivity index (χ1n) is 15.0. The van der Waals surface area contributed by atoms with Crippen LogP contribution in [0.3, 0.4) is 0 Å². The quantitative estimate of drug-likeness (QED) is 0.312. The summed E-state index contributed by atoms with van der Waals surface area (Å²) in [6.07, 6.45) is 4.53. The Bertz CT molecular complexity index is 1870. The topological polar surface area (TPSA) is 120 Å². The summed E-state index contributed by atoms with van der Waals surface area (Å²) in [7, 11) is 3.67. The molecular weight excluding hydrogens is 528 g/mol. The zero-order chi connectivity index (χ0) is 28.9. The summed E-state index contributed by atoms with van der Waals surface area (Å²) >= 11 is 0. The Kier molecular flexibility index (Phi) is 5.57. The summed E-state index contributed by atoms with van der Waals surface area (Å²) in [5.41, 5.74) is 14.5. The van der Waals surface area contributed by atoms with Gasteiger partial charge in [-0.15, -0.1) is 0 Å². The number of benzene rings is 1. The number of amides is 1. The Morgan fingerprint density at radius 3 is 2.62 bits per heavy atom. The van der Waals surface area contributed by atoms with Gasteiger partial charge in [-0.3, -0.25) is 9.89 Å². The molecule has 3 atom stereocenters. The van der Waals surface area contributed by atoms with Crippen molar-refractivity contribution in [1.29, 1.82) is 0 Å². The highest BCUT2D eigenvalue weighted by atomic mass is 16.5. The lowest BCUT2D eigenvalue weighted by molar-refractivity contribution is 0.0700. The number of rotatable bonds is 6. The second-order valence-corrected chi connectivity index (χ2v) is 12.5. The van der Waals surface area contributed by atoms with Crippen LogP contribution in [-0.2, 0) is 13.6 Å². The first kappa shape index (κ1) is 25.5. The fourth-order valence-corrected chi connectivity index (χ4v) is 7.39. The summed E-state index contributed by atoms with van der Waals surface area (Å²) < 4.78 is 10.3. The van der Waals surface area contributed by atoms with E-state index in [0.717, 1.165) is 82.2 Å². The minimum atomic E-state index is 0.00876. The number of fused-ring (bicyclic) bond motifs is 4. The second-order valence-electron chi connectivity index (χ2n) is 12.5. The van der Waals surface area contributed by atoms with Crippen LogP contribution >= 0.6 is 0 Å². The van der Waals surface area contributed by atoms with Crippen molar-refractivity contribution in [3.8, 4) is 28.5 Å². The van der Waals surface area contributed by atoms with E-state index >= 15 is 0 Å². The van der Waals surface area contributed by atoms with Gasteiger partial charge in [0.05, 0.1) is 29.7 Å². The van der Waals surface area contributed by atoms with Gasteiger partial charge in [-0.05, 0) is 81.7 Å². The number of H-pyrrole nitrogens is 1. The maximum absolute atomic E-state index is 13.7. The molecule has 2 bridgehead atoms. The molecule has 2 aliphatic carbocycles. The number of methoxy groups -OCH3 is 1. The molecule has 1 aliphatic heterocycles. The van der Waals surface area contributed by atoms with Gasteiger partial charge in [-0.2, -0.15) is 5.10 Å². The maximum Gasteiger partial charge on any atom is 0.254 e. The highest BCUT2D eigenvalue weighted by Crippen LogP contribution is 2.40. The zero-order valence-electron chi connectivity index (χ0n) is 24.5. The van der Waals surface area contributed by atoms with Crippen LogP contribution in [-0.4, -0.2) is 65.8 Å². The molecule has 0 spiro atoms. The Morgan fingerprint density at radius 1 is 1.12 bits per heavy atom. The monoisotopic (exact) mass is 564 g/mol. The molecule has 3 aliphatic rings. The van der Waals surface area contributed by atoms with Crippen LogP contribution in [0.25, 0.3) is 44.8 Å². The molecule has 2 unspecified atom stereocenters. The number of aryl methyl sites for hydroxylation is 3. The van der Waals surface area contributed by atoms with Gasteiger partial charge in [0, 0.05) is 54.4 Å². The summed E-state index contributed by atoms with van der Waals surface area (Å²) in [5, 5.41) is 8.55. The number of imidazole rings is 1. The van der Waals surface area contributed by atoms with Crippen molar-refractivity contribution in [2.24, 2.45) is 24.6 Å². The van der Waals surface area contributed by atoms with Crippen molar-refractivity contribution < 1.29 is 9.53 Å². The molecule has 4 aromatic heterocycles. The van der Waals surface area contributed by atoms with Crippen molar-refractivity contribution in [3.63, 3.8) is 0 Å². The Hall–Kier alpha value is -4.18. The molecule has 3 N–H and O–H groups in total. The standard InChI is InChI=1S/C32H36N8O2/c1-16-27(17(2)37-36-16)22-9-7-19-12-25(39(30(19)34-22)14-18-5-6-18)31-35-23-11-21(13-26(42-4)29(23)38(31)3)32(41)40-15-20-8-10-24(40)28(20)33/h7,9,11-13,18,20,24,28H,5-6,8,10,14-15,33H2,1-4H3,(H,36,37)/t20?,24?,28-/m1/s1. The van der Waals surface area contributed by atoms with Crippen LogP contribution in [0.4, 0.5) is 0 Å². The summed E-state index contributed by atoms with van der Waals surface area (Å²) in [4.78, 5) is 26.0. The Balaban J connectivity index is 1.25. The van der Waals surface area contributed by atoms with Crippen molar-refractivity contribution in [2.75, 3.05) is 13.7 Å². The predicted octanol–water partition coefficient (Wildman–Crippen LogP) is 4.58. The average molecular weight is 565 g/mol. The van der Waals surface area contributed by atoms with E-state index in [4.69, 9.17) is 20.4 Å². The highest BCUT2D eigenvalue weighted by molar-refractivity contribution is 6.00. The molecule has 216 valence electrons. The number of aromatic nitrogens is 6. The third-order valence-corrected chi connectivity index (χ3v) is 9.81. The molecule has 10 nitrogen and oxygen atoms in total. The fourth-order valence-electron chi connectivity index (χ4n) is 7.39. The van der Waals surface area contributed by atoms with Crippen LogP contribution in [0.2, 0.25) is 0 Å².